The zero-order valence-corrected chi connectivity index (χ0v) is 14.8. The lowest BCUT2D eigenvalue weighted by atomic mass is 10.0. The summed E-state index contributed by atoms with van der Waals surface area (Å²) in [6.45, 7) is 2.73. The van der Waals surface area contributed by atoms with Crippen LogP contribution in [0, 0.1) is 0 Å². The summed E-state index contributed by atoms with van der Waals surface area (Å²) in [4.78, 5) is 15.0. The number of anilines is 1. The number of nitrogens with two attached hydrogens (primary N) is 1. The topological polar surface area (TPSA) is 50.1 Å². The normalized spacial score (nSPS) is 15.5. The molecular weight excluding hydrogens is 324 g/mol. The fraction of sp³-hybridized carbons (Fsp3) is 0.227. The van der Waals surface area contributed by atoms with Crippen molar-refractivity contribution < 1.29 is 14.5 Å². The van der Waals surface area contributed by atoms with Gasteiger partial charge in [-0.15, -0.1) is 0 Å². The highest BCUT2D eigenvalue weighted by atomic mass is 16.3. The third-order valence-electron chi connectivity index (χ3n) is 5.03. The highest BCUT2D eigenvalue weighted by Gasteiger charge is 2.32. The number of hydrogen-bond acceptors (Lipinski definition) is 2. The van der Waals surface area contributed by atoms with Crippen molar-refractivity contribution in [1.82, 2.24) is 0 Å². The van der Waals surface area contributed by atoms with Crippen molar-refractivity contribution in [3.05, 3.63) is 89.9 Å². The summed E-state index contributed by atoms with van der Waals surface area (Å²) in [5.41, 5.74) is 3.43. The number of nitrogens with zero attached hydrogens (tertiary/aromatic N) is 1. The summed E-state index contributed by atoms with van der Waals surface area (Å²) in [6.07, 6.45) is 2.61. The lowest BCUT2D eigenvalue weighted by molar-refractivity contribution is -0.706. The van der Waals surface area contributed by atoms with Crippen LogP contribution < -0.4 is 10.2 Å². The van der Waals surface area contributed by atoms with Gasteiger partial charge in [0.05, 0.1) is 6.26 Å². The highest BCUT2D eigenvalue weighted by molar-refractivity contribution is 5.97. The van der Waals surface area contributed by atoms with Gasteiger partial charge in [0.2, 0.25) is 0 Å². The van der Waals surface area contributed by atoms with Gasteiger partial charge in [-0.2, -0.15) is 0 Å². The largest absolute Gasteiger partial charge is 0.463 e. The van der Waals surface area contributed by atoms with Crippen LogP contribution in [0.1, 0.15) is 29.9 Å². The summed E-state index contributed by atoms with van der Waals surface area (Å²) in [6, 6.07) is 22.0. The molecule has 0 saturated carbocycles. The van der Waals surface area contributed by atoms with Crippen LogP contribution in [-0.4, -0.2) is 18.5 Å². The van der Waals surface area contributed by atoms with Crippen LogP contribution in [0.2, 0.25) is 0 Å². The molecule has 1 aliphatic heterocycles. The molecule has 3 aromatic rings. The zero-order chi connectivity index (χ0) is 17.9. The van der Waals surface area contributed by atoms with E-state index in [4.69, 9.17) is 4.42 Å². The molecule has 1 amide bonds. The molecule has 0 bridgehead atoms. The minimum absolute atomic E-state index is 0.0389. The minimum Gasteiger partial charge on any atom is -0.463 e. The van der Waals surface area contributed by atoms with Gasteiger partial charge in [-0.1, -0.05) is 48.5 Å². The molecule has 2 N–H and O–H groups in total. The maximum Gasteiger partial charge on any atom is 0.284 e. The summed E-state index contributed by atoms with van der Waals surface area (Å²) in [5.74, 6) is 1.00. The SMILES string of the molecule is C[C@H]([NH2+][C@H](c1ccccc1)c1ccco1)C(=O)N1CCc2ccccc21. The van der Waals surface area contributed by atoms with E-state index in [-0.39, 0.29) is 18.0 Å². The van der Waals surface area contributed by atoms with Gasteiger partial charge in [-0.3, -0.25) is 4.79 Å². The Bertz CT molecular complexity index is 874. The Morgan fingerprint density at radius 1 is 1.04 bits per heavy atom. The molecule has 26 heavy (non-hydrogen) atoms. The molecule has 0 radical (unpaired) electrons. The Hall–Kier alpha value is -2.85. The monoisotopic (exact) mass is 347 g/mol. The number of amides is 1. The van der Waals surface area contributed by atoms with E-state index < -0.39 is 0 Å². The maximum absolute atomic E-state index is 13.1. The minimum atomic E-state index is -0.212. The Kier molecular flexibility index (Phi) is 4.59. The summed E-state index contributed by atoms with van der Waals surface area (Å²) >= 11 is 0. The standard InChI is InChI=1S/C22H22N2O2/c1-16(22(25)24-14-13-17-8-5-6-11-19(17)24)23-21(20-12-7-15-26-20)18-9-3-2-4-10-18/h2-12,15-16,21,23H,13-14H2,1H3/p+1/t16-,21+/m0/s1. The first-order valence-electron chi connectivity index (χ1n) is 9.06. The average Bonchev–Trinajstić information content (AvgIpc) is 3.36. The molecule has 1 aliphatic rings. The van der Waals surface area contributed by atoms with E-state index in [1.807, 2.05) is 60.4 Å². The highest BCUT2D eigenvalue weighted by Crippen LogP contribution is 2.28. The Morgan fingerprint density at radius 2 is 1.81 bits per heavy atom. The molecule has 0 saturated heterocycles. The number of rotatable bonds is 5. The van der Waals surface area contributed by atoms with Crippen LogP contribution in [0.3, 0.4) is 0 Å². The average molecular weight is 347 g/mol. The van der Waals surface area contributed by atoms with Gasteiger partial charge in [-0.25, -0.2) is 0 Å². The molecule has 0 unspecified atom stereocenters. The van der Waals surface area contributed by atoms with E-state index in [1.54, 1.807) is 6.26 Å². The van der Waals surface area contributed by atoms with Gasteiger partial charge in [0.15, 0.2) is 17.8 Å². The molecule has 0 aliphatic carbocycles. The van der Waals surface area contributed by atoms with E-state index in [1.165, 1.54) is 5.56 Å². The number of fused-ring (bicyclic) bond motifs is 1. The summed E-state index contributed by atoms with van der Waals surface area (Å²) in [5, 5.41) is 2.09. The fourth-order valence-electron chi connectivity index (χ4n) is 3.68. The smallest absolute Gasteiger partial charge is 0.284 e. The molecule has 2 heterocycles. The van der Waals surface area contributed by atoms with E-state index in [2.05, 4.69) is 23.5 Å². The maximum atomic E-state index is 13.1. The molecule has 2 atom stereocenters. The number of benzene rings is 2. The molecule has 132 valence electrons. The Labute approximate surface area is 153 Å². The van der Waals surface area contributed by atoms with Gasteiger partial charge < -0.3 is 14.6 Å². The van der Waals surface area contributed by atoms with E-state index in [9.17, 15) is 4.79 Å². The third-order valence-corrected chi connectivity index (χ3v) is 5.03. The third kappa shape index (κ3) is 3.16. The number of carbonyl (C=O) groups is 1. The number of furan rings is 1. The van der Waals surface area contributed by atoms with Gasteiger partial charge >= 0.3 is 0 Å². The van der Waals surface area contributed by atoms with Crippen LogP contribution in [0.15, 0.2) is 77.4 Å². The van der Waals surface area contributed by atoms with E-state index in [0.29, 0.717) is 0 Å². The first-order valence-corrected chi connectivity index (χ1v) is 9.06. The van der Waals surface area contributed by atoms with Crippen molar-refractivity contribution >= 4 is 11.6 Å². The van der Waals surface area contributed by atoms with Gasteiger partial charge in [0, 0.05) is 17.8 Å². The van der Waals surface area contributed by atoms with E-state index >= 15 is 0 Å². The molecule has 4 rings (SSSR count). The van der Waals surface area contributed by atoms with Crippen molar-refractivity contribution in [2.45, 2.75) is 25.4 Å². The van der Waals surface area contributed by atoms with Gasteiger partial charge in [-0.05, 0) is 37.1 Å². The van der Waals surface area contributed by atoms with Crippen molar-refractivity contribution in [3.8, 4) is 0 Å². The molecule has 4 heteroatoms. The Morgan fingerprint density at radius 3 is 2.58 bits per heavy atom. The lowest BCUT2D eigenvalue weighted by Crippen LogP contribution is -2.92. The van der Waals surface area contributed by atoms with Crippen molar-refractivity contribution in [2.24, 2.45) is 0 Å². The predicted molar refractivity (Wildman–Crippen MR) is 101 cm³/mol. The number of carbonyl (C=O) groups excluding carboxylic acids is 1. The van der Waals surface area contributed by atoms with Crippen LogP contribution in [0.25, 0.3) is 0 Å². The van der Waals surface area contributed by atoms with Crippen LogP contribution in [0.4, 0.5) is 5.69 Å². The predicted octanol–water partition coefficient (Wildman–Crippen LogP) is 2.91. The second-order valence-electron chi connectivity index (χ2n) is 6.75. The van der Waals surface area contributed by atoms with Crippen LogP contribution in [-0.2, 0) is 11.2 Å². The number of hydrogen-bond donors (Lipinski definition) is 1. The number of quaternary nitrogens is 1. The van der Waals surface area contributed by atoms with E-state index in [0.717, 1.165) is 30.0 Å². The van der Waals surface area contributed by atoms with Crippen molar-refractivity contribution in [1.29, 1.82) is 0 Å². The second kappa shape index (κ2) is 7.18. The lowest BCUT2D eigenvalue weighted by Gasteiger charge is -2.23. The first-order chi connectivity index (χ1) is 12.7. The van der Waals surface area contributed by atoms with Gasteiger partial charge in [0.25, 0.3) is 5.91 Å². The second-order valence-corrected chi connectivity index (χ2v) is 6.75. The fourth-order valence-corrected chi connectivity index (χ4v) is 3.68. The molecular formula is C22H23N2O2+. The summed E-state index contributed by atoms with van der Waals surface area (Å²) < 4.78 is 5.66. The Balaban J connectivity index is 1.56. The van der Waals surface area contributed by atoms with Gasteiger partial charge in [0.1, 0.15) is 0 Å². The van der Waals surface area contributed by atoms with Crippen LogP contribution >= 0.6 is 0 Å². The quantitative estimate of drug-likeness (QED) is 0.771. The molecule has 1 aromatic heterocycles. The van der Waals surface area contributed by atoms with Crippen LogP contribution in [0.5, 0.6) is 0 Å². The van der Waals surface area contributed by atoms with Crippen molar-refractivity contribution in [2.75, 3.05) is 11.4 Å². The molecule has 0 spiro atoms. The molecule has 4 nitrogen and oxygen atoms in total. The number of para-hydroxylation sites is 1. The summed E-state index contributed by atoms with van der Waals surface area (Å²) in [7, 11) is 0. The molecule has 0 fully saturated rings. The van der Waals surface area contributed by atoms with Crippen molar-refractivity contribution in [3.63, 3.8) is 0 Å². The molecule has 2 aromatic carbocycles. The zero-order valence-electron chi connectivity index (χ0n) is 14.8. The first kappa shape index (κ1) is 16.6.